The maximum Gasteiger partial charge on any atom is 0.218 e. The van der Waals surface area contributed by atoms with E-state index in [0.717, 1.165) is 12.8 Å². The maximum absolute atomic E-state index is 11.7. The Balaban J connectivity index is 4.37. The Morgan fingerprint density at radius 2 is 2.08 bits per heavy atom. The van der Waals surface area contributed by atoms with Gasteiger partial charge in [-0.15, -0.1) is 0 Å². The molecule has 0 aliphatic rings. The van der Waals surface area contributed by atoms with Crippen LogP contribution in [-0.2, 0) is 4.57 Å². The summed E-state index contributed by atoms with van der Waals surface area (Å²) in [5.41, 5.74) is 5.68. The van der Waals surface area contributed by atoms with Gasteiger partial charge in [0.25, 0.3) is 0 Å². The minimum atomic E-state index is -3.22. The second-order valence-corrected chi connectivity index (χ2v) is 7.60. The Kier molecular flexibility index (Phi) is 5.02. The fraction of sp³-hybridized carbons (Fsp3) is 1.00. The average molecular weight is 225 g/mol. The summed E-state index contributed by atoms with van der Waals surface area (Å²) < 4.78 is 11.1. The number of hydrogen-bond acceptors (Lipinski definition) is 3. The molecule has 0 rings (SSSR count). The molecule has 0 aromatic carbocycles. The van der Waals surface area contributed by atoms with E-state index in [1.54, 1.807) is 13.8 Å². The molecule has 0 saturated carbocycles. The van der Waals surface area contributed by atoms with Crippen molar-refractivity contribution in [2.75, 3.05) is 6.16 Å². The summed E-state index contributed by atoms with van der Waals surface area (Å²) in [4.78, 5) is 9.63. The Hall–Kier alpha value is 0.500. The van der Waals surface area contributed by atoms with Gasteiger partial charge in [-0.2, -0.15) is 12.6 Å². The van der Waals surface area contributed by atoms with Crippen molar-refractivity contribution < 1.29 is 9.46 Å². The smallest absolute Gasteiger partial charge is 0.218 e. The molecule has 0 bridgehead atoms. The van der Waals surface area contributed by atoms with Crippen LogP contribution in [-0.4, -0.2) is 21.6 Å². The molecule has 0 fully saturated rings. The SMILES string of the molecule is CCCCP(=O)(O)C(N)C(C)(C)S. The molecule has 3 nitrogen and oxygen atoms in total. The van der Waals surface area contributed by atoms with E-state index < -0.39 is 17.9 Å². The highest BCUT2D eigenvalue weighted by Gasteiger charge is 2.36. The van der Waals surface area contributed by atoms with Crippen LogP contribution in [0.5, 0.6) is 0 Å². The van der Waals surface area contributed by atoms with Crippen LogP contribution in [0.4, 0.5) is 0 Å². The quantitative estimate of drug-likeness (QED) is 0.495. The normalized spacial score (nSPS) is 19.5. The van der Waals surface area contributed by atoms with Gasteiger partial charge < -0.3 is 10.6 Å². The van der Waals surface area contributed by atoms with E-state index in [1.807, 2.05) is 6.92 Å². The van der Waals surface area contributed by atoms with Gasteiger partial charge in [0.1, 0.15) is 0 Å². The van der Waals surface area contributed by atoms with Crippen molar-refractivity contribution in [3.8, 4) is 0 Å². The van der Waals surface area contributed by atoms with Crippen LogP contribution in [0.25, 0.3) is 0 Å². The van der Waals surface area contributed by atoms with Crippen molar-refractivity contribution in [3.63, 3.8) is 0 Å². The van der Waals surface area contributed by atoms with Gasteiger partial charge in [0.05, 0.1) is 5.78 Å². The fourth-order valence-electron chi connectivity index (χ4n) is 1.02. The second kappa shape index (κ2) is 4.83. The molecule has 0 aromatic rings. The predicted octanol–water partition coefficient (Wildman–Crippen LogP) is 2.05. The number of nitrogens with two attached hydrogens (primary N) is 1. The molecule has 0 spiro atoms. The zero-order valence-corrected chi connectivity index (χ0v) is 10.3. The van der Waals surface area contributed by atoms with Crippen molar-refractivity contribution in [2.45, 2.75) is 44.1 Å². The van der Waals surface area contributed by atoms with E-state index in [9.17, 15) is 9.46 Å². The fourth-order valence-corrected chi connectivity index (χ4v) is 3.59. The van der Waals surface area contributed by atoms with E-state index in [-0.39, 0.29) is 0 Å². The standard InChI is InChI=1S/C8H20NO2PS/c1-4-5-6-12(10,11)7(9)8(2,3)13/h7,13H,4-6,9H2,1-3H3,(H,10,11). The lowest BCUT2D eigenvalue weighted by Crippen LogP contribution is -2.39. The van der Waals surface area contributed by atoms with Gasteiger partial charge in [-0.3, -0.25) is 4.57 Å². The van der Waals surface area contributed by atoms with Crippen LogP contribution in [0.2, 0.25) is 0 Å². The molecule has 0 radical (unpaired) electrons. The zero-order chi connectivity index (χ0) is 10.7. The van der Waals surface area contributed by atoms with Crippen LogP contribution in [0.3, 0.4) is 0 Å². The molecule has 2 unspecified atom stereocenters. The lowest BCUT2D eigenvalue weighted by molar-refractivity contribution is 0.447. The van der Waals surface area contributed by atoms with Gasteiger partial charge in [-0.05, 0) is 20.3 Å². The lowest BCUT2D eigenvalue weighted by atomic mass is 10.2. The Morgan fingerprint density at radius 3 is 2.38 bits per heavy atom. The summed E-state index contributed by atoms with van der Waals surface area (Å²) in [6.45, 7) is 5.50. The van der Waals surface area contributed by atoms with Gasteiger partial charge in [-0.25, -0.2) is 0 Å². The topological polar surface area (TPSA) is 63.3 Å². The van der Waals surface area contributed by atoms with Crippen molar-refractivity contribution in [1.82, 2.24) is 0 Å². The van der Waals surface area contributed by atoms with Gasteiger partial charge in [0.15, 0.2) is 0 Å². The number of unbranched alkanes of at least 4 members (excludes halogenated alkanes) is 1. The summed E-state index contributed by atoms with van der Waals surface area (Å²) in [7, 11) is -3.22. The number of thiol groups is 1. The molecule has 0 aromatic heterocycles. The summed E-state index contributed by atoms with van der Waals surface area (Å²) >= 11 is 4.21. The highest BCUT2D eigenvalue weighted by Crippen LogP contribution is 2.49. The van der Waals surface area contributed by atoms with Gasteiger partial charge >= 0.3 is 0 Å². The van der Waals surface area contributed by atoms with E-state index >= 15 is 0 Å². The highest BCUT2D eigenvalue weighted by molar-refractivity contribution is 7.82. The molecule has 0 aliphatic heterocycles. The number of rotatable bonds is 5. The van der Waals surface area contributed by atoms with Crippen molar-refractivity contribution in [2.24, 2.45) is 5.73 Å². The predicted molar refractivity (Wildman–Crippen MR) is 60.6 cm³/mol. The monoisotopic (exact) mass is 225 g/mol. The molecule has 0 aliphatic carbocycles. The summed E-state index contributed by atoms with van der Waals surface area (Å²) in [5, 5.41) is 0. The maximum atomic E-state index is 11.7. The molecule has 5 heteroatoms. The van der Waals surface area contributed by atoms with Crippen LogP contribution in [0.1, 0.15) is 33.6 Å². The summed E-state index contributed by atoms with van der Waals surface area (Å²) in [5.74, 6) is -0.741. The van der Waals surface area contributed by atoms with Crippen molar-refractivity contribution in [3.05, 3.63) is 0 Å². The first-order chi connectivity index (χ1) is 5.72. The van der Waals surface area contributed by atoms with Crippen LogP contribution in [0.15, 0.2) is 0 Å². The van der Waals surface area contributed by atoms with Gasteiger partial charge in [0.2, 0.25) is 7.37 Å². The van der Waals surface area contributed by atoms with E-state index in [1.165, 1.54) is 0 Å². The average Bonchev–Trinajstić information content (AvgIpc) is 1.98. The molecular weight excluding hydrogens is 205 g/mol. The Labute approximate surface area is 86.0 Å². The third-order valence-corrected chi connectivity index (χ3v) is 4.94. The Bertz CT molecular complexity index is 203. The van der Waals surface area contributed by atoms with Crippen LogP contribution < -0.4 is 5.73 Å². The van der Waals surface area contributed by atoms with Gasteiger partial charge in [-0.1, -0.05) is 13.3 Å². The number of hydrogen-bond donors (Lipinski definition) is 3. The minimum absolute atomic E-state index is 0.300. The lowest BCUT2D eigenvalue weighted by Gasteiger charge is -2.29. The van der Waals surface area contributed by atoms with E-state index in [4.69, 9.17) is 5.73 Å². The van der Waals surface area contributed by atoms with Gasteiger partial charge in [0, 0.05) is 10.9 Å². The molecule has 80 valence electrons. The molecular formula is C8H20NO2PS. The highest BCUT2D eigenvalue weighted by atomic mass is 32.1. The van der Waals surface area contributed by atoms with Crippen molar-refractivity contribution >= 4 is 20.0 Å². The third-order valence-electron chi connectivity index (χ3n) is 1.99. The van der Waals surface area contributed by atoms with Crippen LogP contribution in [0, 0.1) is 0 Å². The molecule has 0 saturated heterocycles. The van der Waals surface area contributed by atoms with E-state index in [2.05, 4.69) is 12.6 Å². The second-order valence-electron chi connectivity index (χ2n) is 3.93. The van der Waals surface area contributed by atoms with Crippen LogP contribution >= 0.6 is 20.0 Å². The van der Waals surface area contributed by atoms with E-state index in [0.29, 0.717) is 6.16 Å². The molecule has 0 heterocycles. The van der Waals surface area contributed by atoms with Crippen molar-refractivity contribution in [1.29, 1.82) is 0 Å². The molecule has 0 amide bonds. The first-order valence-corrected chi connectivity index (χ1v) is 6.87. The molecule has 2 atom stereocenters. The first-order valence-electron chi connectivity index (χ1n) is 4.51. The Morgan fingerprint density at radius 1 is 1.62 bits per heavy atom. The molecule has 13 heavy (non-hydrogen) atoms. The molecule has 3 N–H and O–H groups in total. The summed E-state index contributed by atoms with van der Waals surface area (Å²) in [6.07, 6.45) is 1.95. The largest absolute Gasteiger partial charge is 0.343 e. The third kappa shape index (κ3) is 4.50. The zero-order valence-electron chi connectivity index (χ0n) is 8.53. The first kappa shape index (κ1) is 13.5. The minimum Gasteiger partial charge on any atom is -0.343 e. The summed E-state index contributed by atoms with van der Waals surface area (Å²) in [6, 6.07) is 0.